The second-order valence-electron chi connectivity index (χ2n) is 6.18. The summed E-state index contributed by atoms with van der Waals surface area (Å²) in [5.74, 6) is 3.03. The van der Waals surface area contributed by atoms with Gasteiger partial charge in [-0.1, -0.05) is 27.7 Å². The Balaban J connectivity index is 1.88. The lowest BCUT2D eigenvalue weighted by Crippen LogP contribution is -2.34. The van der Waals surface area contributed by atoms with Crippen LogP contribution in [0.5, 0.6) is 0 Å². The lowest BCUT2D eigenvalue weighted by molar-refractivity contribution is 0.0927. The average molecular weight is 264 g/mol. The second-order valence-corrected chi connectivity index (χ2v) is 6.18. The summed E-state index contributed by atoms with van der Waals surface area (Å²) in [4.78, 5) is 16.3. The van der Waals surface area contributed by atoms with Crippen molar-refractivity contribution in [3.8, 4) is 0 Å². The quantitative estimate of drug-likeness (QED) is 0.828. The first-order valence-corrected chi connectivity index (χ1v) is 7.19. The van der Waals surface area contributed by atoms with Crippen molar-refractivity contribution in [3.05, 3.63) is 11.6 Å². The van der Waals surface area contributed by atoms with Crippen LogP contribution >= 0.6 is 0 Å². The van der Waals surface area contributed by atoms with Gasteiger partial charge in [0.05, 0.1) is 0 Å². The molecule has 1 aliphatic rings. The van der Waals surface area contributed by atoms with E-state index in [1.165, 1.54) is 0 Å². The maximum Gasteiger partial charge on any atom is 0.290 e. The average Bonchev–Trinajstić information content (AvgIpc) is 3.06. The highest BCUT2D eigenvalue weighted by molar-refractivity contribution is 5.90. The summed E-state index contributed by atoms with van der Waals surface area (Å²) in [5, 5.41) is 9.81. The molecule has 1 aromatic rings. The van der Waals surface area contributed by atoms with E-state index in [4.69, 9.17) is 0 Å². The second kappa shape index (κ2) is 5.72. The summed E-state index contributed by atoms with van der Waals surface area (Å²) < 4.78 is 0. The minimum Gasteiger partial charge on any atom is -0.349 e. The number of nitrogens with one attached hydrogen (secondary N) is 2. The van der Waals surface area contributed by atoms with Crippen LogP contribution in [0.4, 0.5) is 0 Å². The highest BCUT2D eigenvalue weighted by atomic mass is 16.2. The van der Waals surface area contributed by atoms with Crippen LogP contribution in [0, 0.1) is 17.8 Å². The highest BCUT2D eigenvalue weighted by Crippen LogP contribution is 2.37. The van der Waals surface area contributed by atoms with Crippen LogP contribution in [-0.2, 0) is 0 Å². The van der Waals surface area contributed by atoms with E-state index < -0.39 is 0 Å². The van der Waals surface area contributed by atoms with Gasteiger partial charge < -0.3 is 5.32 Å². The van der Waals surface area contributed by atoms with E-state index in [0.29, 0.717) is 30.2 Å². The standard InChI is InChI=1S/C14H24N4O/c1-8(2)11(9(3)4)7-15-14(19)13-16-12(17-18-13)10-5-6-10/h8-11H,5-7H2,1-4H3,(H,15,19)(H,16,17,18). The maximum atomic E-state index is 12.0. The molecule has 0 aromatic carbocycles. The first-order chi connectivity index (χ1) is 8.99. The Morgan fingerprint density at radius 1 is 1.32 bits per heavy atom. The van der Waals surface area contributed by atoms with Crippen molar-refractivity contribution in [2.24, 2.45) is 17.8 Å². The Hall–Kier alpha value is -1.39. The predicted molar refractivity (Wildman–Crippen MR) is 73.9 cm³/mol. The molecule has 2 rings (SSSR count). The number of aromatic amines is 1. The molecule has 1 amide bonds. The monoisotopic (exact) mass is 264 g/mol. The van der Waals surface area contributed by atoms with Gasteiger partial charge in [0.15, 0.2) is 0 Å². The van der Waals surface area contributed by atoms with E-state index in [0.717, 1.165) is 18.7 Å². The summed E-state index contributed by atoms with van der Waals surface area (Å²) in [5.41, 5.74) is 0. The molecule has 0 aliphatic heterocycles. The first-order valence-electron chi connectivity index (χ1n) is 7.19. The fraction of sp³-hybridized carbons (Fsp3) is 0.786. The number of rotatable bonds is 6. The molecule has 0 atom stereocenters. The normalized spacial score (nSPS) is 15.5. The zero-order valence-electron chi connectivity index (χ0n) is 12.2. The summed E-state index contributed by atoms with van der Waals surface area (Å²) >= 11 is 0. The first kappa shape index (κ1) is 14.0. The van der Waals surface area contributed by atoms with Gasteiger partial charge in [0.1, 0.15) is 5.82 Å². The van der Waals surface area contributed by atoms with Crippen LogP contribution in [0.25, 0.3) is 0 Å². The molecule has 1 saturated carbocycles. The summed E-state index contributed by atoms with van der Waals surface area (Å²) in [6, 6.07) is 0. The number of H-pyrrole nitrogens is 1. The van der Waals surface area contributed by atoms with Gasteiger partial charge in [-0.05, 0) is 30.6 Å². The zero-order valence-corrected chi connectivity index (χ0v) is 12.2. The number of aromatic nitrogens is 3. The van der Waals surface area contributed by atoms with E-state index >= 15 is 0 Å². The summed E-state index contributed by atoms with van der Waals surface area (Å²) in [6.45, 7) is 9.44. The third kappa shape index (κ3) is 3.55. The summed E-state index contributed by atoms with van der Waals surface area (Å²) in [6.07, 6.45) is 2.30. The van der Waals surface area contributed by atoms with E-state index in [2.05, 4.69) is 48.2 Å². The van der Waals surface area contributed by atoms with E-state index in [1.54, 1.807) is 0 Å². The Morgan fingerprint density at radius 3 is 2.47 bits per heavy atom. The smallest absolute Gasteiger partial charge is 0.290 e. The Bertz CT molecular complexity index is 426. The molecule has 5 nitrogen and oxygen atoms in total. The van der Waals surface area contributed by atoms with Crippen molar-refractivity contribution in [2.75, 3.05) is 6.54 Å². The molecule has 1 aromatic heterocycles. The molecule has 0 saturated heterocycles. The van der Waals surface area contributed by atoms with Gasteiger partial charge in [-0.15, -0.1) is 5.10 Å². The fourth-order valence-corrected chi connectivity index (χ4v) is 2.45. The van der Waals surface area contributed by atoms with Crippen molar-refractivity contribution < 1.29 is 4.79 Å². The molecule has 0 radical (unpaired) electrons. The molecule has 0 unspecified atom stereocenters. The van der Waals surface area contributed by atoms with Gasteiger partial charge in [-0.2, -0.15) is 0 Å². The van der Waals surface area contributed by atoms with Crippen LogP contribution < -0.4 is 5.32 Å². The van der Waals surface area contributed by atoms with Crippen LogP contribution in [0.3, 0.4) is 0 Å². The number of hydrogen-bond acceptors (Lipinski definition) is 3. The summed E-state index contributed by atoms with van der Waals surface area (Å²) in [7, 11) is 0. The molecular formula is C14H24N4O. The topological polar surface area (TPSA) is 70.7 Å². The van der Waals surface area contributed by atoms with E-state index in [9.17, 15) is 4.79 Å². The Kier molecular flexibility index (Phi) is 4.22. The van der Waals surface area contributed by atoms with Crippen molar-refractivity contribution in [2.45, 2.75) is 46.5 Å². The third-order valence-corrected chi connectivity index (χ3v) is 3.88. The molecule has 1 fully saturated rings. The predicted octanol–water partition coefficient (Wildman–Crippen LogP) is 2.34. The van der Waals surface area contributed by atoms with E-state index in [-0.39, 0.29) is 11.7 Å². The van der Waals surface area contributed by atoms with Crippen LogP contribution in [0.1, 0.15) is 62.9 Å². The maximum absolute atomic E-state index is 12.0. The minimum atomic E-state index is -0.172. The molecular weight excluding hydrogens is 240 g/mol. The lowest BCUT2D eigenvalue weighted by Gasteiger charge is -2.24. The Morgan fingerprint density at radius 2 is 1.95 bits per heavy atom. The Labute approximate surface area is 114 Å². The van der Waals surface area contributed by atoms with Crippen molar-refractivity contribution >= 4 is 5.91 Å². The van der Waals surface area contributed by atoms with Crippen molar-refractivity contribution in [1.29, 1.82) is 0 Å². The molecule has 106 valence electrons. The minimum absolute atomic E-state index is 0.172. The zero-order chi connectivity index (χ0) is 14.0. The third-order valence-electron chi connectivity index (χ3n) is 3.88. The van der Waals surface area contributed by atoms with Crippen LogP contribution in [0.15, 0.2) is 0 Å². The number of carbonyl (C=O) groups is 1. The number of amides is 1. The fourth-order valence-electron chi connectivity index (χ4n) is 2.45. The number of carbonyl (C=O) groups excluding carboxylic acids is 1. The van der Waals surface area contributed by atoms with Crippen molar-refractivity contribution in [1.82, 2.24) is 20.5 Å². The van der Waals surface area contributed by atoms with Gasteiger partial charge in [0.25, 0.3) is 5.91 Å². The van der Waals surface area contributed by atoms with Crippen LogP contribution in [0.2, 0.25) is 0 Å². The molecule has 1 aliphatic carbocycles. The van der Waals surface area contributed by atoms with Gasteiger partial charge in [-0.3, -0.25) is 9.89 Å². The molecule has 19 heavy (non-hydrogen) atoms. The van der Waals surface area contributed by atoms with Crippen molar-refractivity contribution in [3.63, 3.8) is 0 Å². The molecule has 0 spiro atoms. The molecule has 1 heterocycles. The van der Waals surface area contributed by atoms with Gasteiger partial charge in [0, 0.05) is 12.5 Å². The molecule has 5 heteroatoms. The molecule has 0 bridgehead atoms. The SMILES string of the molecule is CC(C)C(CNC(=O)c1n[nH]c(C2CC2)n1)C(C)C. The largest absolute Gasteiger partial charge is 0.349 e. The van der Waals surface area contributed by atoms with Gasteiger partial charge in [-0.25, -0.2) is 4.98 Å². The lowest BCUT2D eigenvalue weighted by atomic mass is 9.85. The number of hydrogen-bond donors (Lipinski definition) is 2. The van der Waals surface area contributed by atoms with E-state index in [1.807, 2.05) is 0 Å². The number of nitrogens with zero attached hydrogens (tertiary/aromatic N) is 2. The van der Waals surface area contributed by atoms with Gasteiger partial charge in [0.2, 0.25) is 5.82 Å². The van der Waals surface area contributed by atoms with Crippen LogP contribution in [-0.4, -0.2) is 27.6 Å². The molecule has 2 N–H and O–H groups in total. The highest BCUT2D eigenvalue weighted by Gasteiger charge is 2.28. The van der Waals surface area contributed by atoms with Gasteiger partial charge >= 0.3 is 0 Å².